The van der Waals surface area contributed by atoms with Crippen LogP contribution in [0, 0.1) is 12.8 Å². The van der Waals surface area contributed by atoms with E-state index in [2.05, 4.69) is 11.9 Å². The molecule has 5 rings (SSSR count). The predicted molar refractivity (Wildman–Crippen MR) is 154 cm³/mol. The Labute approximate surface area is 236 Å². The summed E-state index contributed by atoms with van der Waals surface area (Å²) in [5.74, 6) is 0.484. The molecule has 1 aromatic heterocycles. The van der Waals surface area contributed by atoms with E-state index in [1.165, 1.54) is 11.0 Å². The van der Waals surface area contributed by atoms with Crippen LogP contribution in [-0.2, 0) is 21.2 Å². The summed E-state index contributed by atoms with van der Waals surface area (Å²) in [6.45, 7) is 5.63. The number of aryl methyl sites for hydroxylation is 1. The molecular formula is C27H26ClN3O4S3. The van der Waals surface area contributed by atoms with E-state index in [1.54, 1.807) is 30.3 Å². The number of amides is 1. The highest BCUT2D eigenvalue weighted by atomic mass is 35.5. The van der Waals surface area contributed by atoms with Crippen molar-refractivity contribution in [2.45, 2.75) is 43.2 Å². The van der Waals surface area contributed by atoms with Crippen LogP contribution in [0.3, 0.4) is 0 Å². The minimum Gasteiger partial charge on any atom is -0.420 e. The number of nitrogens with zero attached hydrogens (tertiary/aromatic N) is 3. The average molecular weight is 588 g/mol. The first-order valence-corrected chi connectivity index (χ1v) is 15.3. The van der Waals surface area contributed by atoms with Crippen molar-refractivity contribution >= 4 is 67.6 Å². The predicted octanol–water partition coefficient (Wildman–Crippen LogP) is 6.11. The summed E-state index contributed by atoms with van der Waals surface area (Å²) in [4.78, 5) is 21.5. The highest BCUT2D eigenvalue weighted by molar-refractivity contribution is 8.26. The summed E-state index contributed by atoms with van der Waals surface area (Å²) in [7, 11) is -3.96. The van der Waals surface area contributed by atoms with Gasteiger partial charge in [-0.15, -0.1) is 0 Å². The third-order valence-electron chi connectivity index (χ3n) is 6.67. The minimum atomic E-state index is -3.96. The van der Waals surface area contributed by atoms with Crippen LogP contribution in [0.2, 0.25) is 5.02 Å². The summed E-state index contributed by atoms with van der Waals surface area (Å²) < 4.78 is 33.7. The quantitative estimate of drug-likeness (QED) is 0.252. The number of sulfone groups is 1. The fourth-order valence-electron chi connectivity index (χ4n) is 4.34. The molecule has 0 radical (unpaired) electrons. The summed E-state index contributed by atoms with van der Waals surface area (Å²) in [6.07, 6.45) is 3.30. The molecule has 0 spiro atoms. The second kappa shape index (κ2) is 10.8. The molecule has 1 amide bonds. The van der Waals surface area contributed by atoms with Crippen molar-refractivity contribution in [1.29, 1.82) is 0 Å². The standard InChI is InChI=1S/C27H26ClN3O4S3/c1-17-7-9-20(10-8-17)38(33,34)24-26(30-13-11-18(2)12-14-30)35-23(29-24)15-22-25(32)31(27(36)37-22)16-19-5-3-4-6-21(19)28/h3-10,15,18H,11-14,16H2,1-2H3. The molecule has 2 aliphatic rings. The third kappa shape index (κ3) is 5.40. The number of benzene rings is 2. The summed E-state index contributed by atoms with van der Waals surface area (Å²) in [5.41, 5.74) is 1.73. The molecule has 3 heterocycles. The summed E-state index contributed by atoms with van der Waals surface area (Å²) >= 11 is 12.9. The lowest BCUT2D eigenvalue weighted by Gasteiger charge is -2.30. The Morgan fingerprint density at radius 2 is 1.84 bits per heavy atom. The zero-order valence-corrected chi connectivity index (χ0v) is 24.1. The molecule has 0 unspecified atom stereocenters. The maximum absolute atomic E-state index is 13.6. The van der Waals surface area contributed by atoms with Gasteiger partial charge >= 0.3 is 0 Å². The second-order valence-electron chi connectivity index (χ2n) is 9.51. The van der Waals surface area contributed by atoms with E-state index in [0.717, 1.165) is 35.7 Å². The van der Waals surface area contributed by atoms with Gasteiger partial charge in [0.1, 0.15) is 4.32 Å². The number of aromatic nitrogens is 1. The number of thiocarbonyl (C=S) groups is 1. The van der Waals surface area contributed by atoms with Crippen molar-refractivity contribution in [3.63, 3.8) is 0 Å². The van der Waals surface area contributed by atoms with Crippen LogP contribution in [0.15, 0.2) is 67.8 Å². The van der Waals surface area contributed by atoms with Crippen molar-refractivity contribution in [1.82, 2.24) is 9.88 Å². The van der Waals surface area contributed by atoms with Crippen LogP contribution >= 0.6 is 35.6 Å². The number of hydrogen-bond acceptors (Lipinski definition) is 8. The molecule has 2 fully saturated rings. The maximum Gasteiger partial charge on any atom is 0.266 e. The second-order valence-corrected chi connectivity index (χ2v) is 13.5. The number of thioether (sulfide) groups is 1. The van der Waals surface area contributed by atoms with Gasteiger partial charge < -0.3 is 9.32 Å². The SMILES string of the molecule is Cc1ccc(S(=O)(=O)c2nc(C=C3SC(=S)N(Cc4ccccc4Cl)C3=O)oc2N2CCC(C)CC2)cc1. The maximum atomic E-state index is 13.6. The molecule has 11 heteroatoms. The molecule has 0 N–H and O–H groups in total. The number of rotatable bonds is 6. The highest BCUT2D eigenvalue weighted by Crippen LogP contribution is 2.37. The topological polar surface area (TPSA) is 83.7 Å². The molecule has 0 bridgehead atoms. The molecule has 7 nitrogen and oxygen atoms in total. The molecule has 2 aromatic carbocycles. The lowest BCUT2D eigenvalue weighted by molar-refractivity contribution is -0.122. The van der Waals surface area contributed by atoms with Crippen molar-refractivity contribution in [3.05, 3.63) is 75.5 Å². The highest BCUT2D eigenvalue weighted by Gasteiger charge is 2.35. The van der Waals surface area contributed by atoms with Gasteiger partial charge in [-0.1, -0.05) is 78.4 Å². The normalized spacial score (nSPS) is 18.1. The zero-order chi connectivity index (χ0) is 27.0. The smallest absolute Gasteiger partial charge is 0.266 e. The van der Waals surface area contributed by atoms with Gasteiger partial charge in [-0.2, -0.15) is 4.98 Å². The van der Waals surface area contributed by atoms with E-state index in [1.807, 2.05) is 30.0 Å². The van der Waals surface area contributed by atoms with Crippen LogP contribution in [0.4, 0.5) is 5.88 Å². The summed E-state index contributed by atoms with van der Waals surface area (Å²) in [5, 5.41) is 0.401. The molecule has 0 aliphatic carbocycles. The lowest BCUT2D eigenvalue weighted by Crippen LogP contribution is -2.33. The molecule has 2 aliphatic heterocycles. The molecular weight excluding hydrogens is 562 g/mol. The first-order valence-electron chi connectivity index (χ1n) is 12.2. The van der Waals surface area contributed by atoms with Crippen molar-refractivity contribution in [2.24, 2.45) is 5.92 Å². The van der Waals surface area contributed by atoms with Crippen LogP contribution in [0.5, 0.6) is 0 Å². The van der Waals surface area contributed by atoms with Gasteiger partial charge in [0.05, 0.1) is 16.3 Å². The number of halogens is 1. The fourth-order valence-corrected chi connectivity index (χ4v) is 7.08. The van der Waals surface area contributed by atoms with Crippen molar-refractivity contribution in [3.8, 4) is 0 Å². The Morgan fingerprint density at radius 1 is 1.16 bits per heavy atom. The van der Waals surface area contributed by atoms with Crippen molar-refractivity contribution in [2.75, 3.05) is 18.0 Å². The van der Waals surface area contributed by atoms with Gasteiger partial charge in [0.15, 0.2) is 0 Å². The fraction of sp³-hybridized carbons (Fsp3) is 0.296. The van der Waals surface area contributed by atoms with Gasteiger partial charge in [0, 0.05) is 24.2 Å². The van der Waals surface area contributed by atoms with E-state index >= 15 is 0 Å². The number of carbonyl (C=O) groups excluding carboxylic acids is 1. The number of anilines is 1. The number of carbonyl (C=O) groups is 1. The van der Waals surface area contributed by atoms with Gasteiger partial charge in [-0.05, 0) is 49.4 Å². The number of piperidine rings is 1. The number of hydrogen-bond donors (Lipinski definition) is 0. The largest absolute Gasteiger partial charge is 0.420 e. The zero-order valence-electron chi connectivity index (χ0n) is 20.9. The number of oxazole rings is 1. The monoisotopic (exact) mass is 587 g/mol. The van der Waals surface area contributed by atoms with Gasteiger partial charge in [-0.3, -0.25) is 9.69 Å². The Morgan fingerprint density at radius 3 is 2.53 bits per heavy atom. The van der Waals surface area contributed by atoms with Crippen LogP contribution in [0.25, 0.3) is 6.08 Å². The van der Waals surface area contributed by atoms with Crippen LogP contribution < -0.4 is 4.90 Å². The third-order valence-corrected chi connectivity index (χ3v) is 10.1. The first-order chi connectivity index (χ1) is 18.1. The molecule has 2 saturated heterocycles. The van der Waals surface area contributed by atoms with Gasteiger partial charge in [0.25, 0.3) is 5.91 Å². The minimum absolute atomic E-state index is 0.0440. The Balaban J connectivity index is 1.50. The molecule has 3 aromatic rings. The van der Waals surface area contributed by atoms with Crippen molar-refractivity contribution < 1.29 is 17.6 Å². The van der Waals surface area contributed by atoms with E-state index in [4.69, 9.17) is 28.2 Å². The Hall–Kier alpha value is -2.66. The average Bonchev–Trinajstić information content (AvgIpc) is 3.43. The molecule has 0 atom stereocenters. The molecule has 0 saturated carbocycles. The molecule has 38 heavy (non-hydrogen) atoms. The Bertz CT molecular complexity index is 1530. The van der Waals surface area contributed by atoms with Gasteiger partial charge in [-0.25, -0.2) is 8.42 Å². The van der Waals surface area contributed by atoms with E-state index in [9.17, 15) is 13.2 Å². The van der Waals surface area contributed by atoms with E-state index in [-0.39, 0.29) is 34.1 Å². The first kappa shape index (κ1) is 26.9. The van der Waals surface area contributed by atoms with Crippen LogP contribution in [0.1, 0.15) is 36.8 Å². The van der Waals surface area contributed by atoms with E-state index < -0.39 is 9.84 Å². The van der Waals surface area contributed by atoms with Gasteiger partial charge in [0.2, 0.25) is 26.6 Å². The molecule has 198 valence electrons. The summed E-state index contributed by atoms with van der Waals surface area (Å²) in [6, 6.07) is 13.9. The lowest BCUT2D eigenvalue weighted by atomic mass is 9.99. The Kier molecular flexibility index (Phi) is 7.68. The van der Waals surface area contributed by atoms with Crippen LogP contribution in [-0.4, -0.2) is 41.6 Å². The van der Waals surface area contributed by atoms with E-state index in [0.29, 0.717) is 33.3 Å².